The van der Waals surface area contributed by atoms with Crippen molar-refractivity contribution in [2.75, 3.05) is 19.6 Å². The van der Waals surface area contributed by atoms with Crippen molar-refractivity contribution in [1.82, 2.24) is 10.6 Å². The second kappa shape index (κ2) is 7.46. The third-order valence-electron chi connectivity index (χ3n) is 3.56. The number of carbonyl (C=O) groups excluding carboxylic acids is 1. The van der Waals surface area contributed by atoms with E-state index in [2.05, 4.69) is 10.6 Å². The van der Waals surface area contributed by atoms with Gasteiger partial charge in [0.05, 0.1) is 0 Å². The van der Waals surface area contributed by atoms with E-state index in [9.17, 15) is 9.18 Å². The average molecular weight is 287 g/mol. The van der Waals surface area contributed by atoms with Gasteiger partial charge in [0.1, 0.15) is 5.82 Å². The maximum Gasteiger partial charge on any atom is 0.223 e. The normalized spacial score (nSPS) is 16.1. The summed E-state index contributed by atoms with van der Waals surface area (Å²) in [5, 5.41) is 6.10. The van der Waals surface area contributed by atoms with E-state index < -0.39 is 0 Å². The first-order valence-electron chi connectivity index (χ1n) is 6.39. The number of rotatable bonds is 5. The molecule has 1 aromatic carbocycles. The van der Waals surface area contributed by atoms with Crippen LogP contribution >= 0.6 is 12.4 Å². The summed E-state index contributed by atoms with van der Waals surface area (Å²) >= 11 is 0. The van der Waals surface area contributed by atoms with Crippen molar-refractivity contribution in [3.63, 3.8) is 0 Å². The molecule has 5 heteroatoms. The van der Waals surface area contributed by atoms with E-state index in [1.54, 1.807) is 12.1 Å². The first kappa shape index (κ1) is 15.9. The molecule has 0 bridgehead atoms. The third kappa shape index (κ3) is 4.48. The average Bonchev–Trinajstić information content (AvgIpc) is 2.29. The highest BCUT2D eigenvalue weighted by molar-refractivity contribution is 5.85. The van der Waals surface area contributed by atoms with Crippen LogP contribution in [0.1, 0.15) is 12.5 Å². The molecule has 19 heavy (non-hydrogen) atoms. The lowest BCUT2D eigenvalue weighted by Crippen LogP contribution is -2.49. The summed E-state index contributed by atoms with van der Waals surface area (Å²) in [4.78, 5) is 11.8. The van der Waals surface area contributed by atoms with Crippen molar-refractivity contribution in [2.45, 2.75) is 13.3 Å². The molecule has 0 radical (unpaired) electrons. The van der Waals surface area contributed by atoms with Gasteiger partial charge in [-0.25, -0.2) is 4.39 Å². The van der Waals surface area contributed by atoms with Crippen LogP contribution in [0.4, 0.5) is 4.39 Å². The van der Waals surface area contributed by atoms with E-state index in [1.807, 2.05) is 6.92 Å². The van der Waals surface area contributed by atoms with E-state index in [-0.39, 0.29) is 30.0 Å². The highest BCUT2D eigenvalue weighted by Gasteiger charge is 2.28. The largest absolute Gasteiger partial charge is 0.356 e. The molecular weight excluding hydrogens is 267 g/mol. The number of amides is 1. The maximum absolute atomic E-state index is 12.7. The predicted molar refractivity (Wildman–Crippen MR) is 75.9 cm³/mol. The molecule has 1 aliphatic rings. The van der Waals surface area contributed by atoms with Crippen LogP contribution in [0.2, 0.25) is 0 Å². The van der Waals surface area contributed by atoms with Crippen molar-refractivity contribution in [3.8, 4) is 0 Å². The van der Waals surface area contributed by atoms with Crippen molar-refractivity contribution < 1.29 is 9.18 Å². The van der Waals surface area contributed by atoms with Gasteiger partial charge in [-0.05, 0) is 43.1 Å². The van der Waals surface area contributed by atoms with Crippen LogP contribution in [0.5, 0.6) is 0 Å². The van der Waals surface area contributed by atoms with Crippen molar-refractivity contribution in [1.29, 1.82) is 0 Å². The van der Waals surface area contributed by atoms with E-state index in [4.69, 9.17) is 0 Å². The van der Waals surface area contributed by atoms with Gasteiger partial charge in [0.25, 0.3) is 0 Å². The Morgan fingerprint density at radius 1 is 1.42 bits per heavy atom. The van der Waals surface area contributed by atoms with Crippen molar-refractivity contribution >= 4 is 18.3 Å². The maximum atomic E-state index is 12.7. The highest BCUT2D eigenvalue weighted by atomic mass is 35.5. The van der Waals surface area contributed by atoms with Crippen LogP contribution in [0.3, 0.4) is 0 Å². The second-order valence-corrected chi connectivity index (χ2v) is 4.87. The molecule has 106 valence electrons. The smallest absolute Gasteiger partial charge is 0.223 e. The van der Waals surface area contributed by atoms with Crippen LogP contribution < -0.4 is 10.6 Å². The zero-order valence-electron chi connectivity index (χ0n) is 11.0. The molecule has 1 aromatic rings. The second-order valence-electron chi connectivity index (χ2n) is 4.87. The summed E-state index contributed by atoms with van der Waals surface area (Å²) in [5.41, 5.74) is 1.04. The van der Waals surface area contributed by atoms with Crippen LogP contribution in [0.15, 0.2) is 24.3 Å². The Labute approximate surface area is 119 Å². The van der Waals surface area contributed by atoms with Gasteiger partial charge in [0.2, 0.25) is 5.91 Å². The van der Waals surface area contributed by atoms with Crippen molar-refractivity contribution in [2.24, 2.45) is 11.8 Å². The molecule has 1 fully saturated rings. The van der Waals surface area contributed by atoms with Gasteiger partial charge in [0.15, 0.2) is 0 Å². The minimum absolute atomic E-state index is 0. The summed E-state index contributed by atoms with van der Waals surface area (Å²) in [6.45, 7) is 4.45. The summed E-state index contributed by atoms with van der Waals surface area (Å²) < 4.78 is 12.7. The number of carbonyl (C=O) groups is 1. The first-order valence-corrected chi connectivity index (χ1v) is 6.39. The predicted octanol–water partition coefficient (Wildman–Crippen LogP) is 1.76. The van der Waals surface area contributed by atoms with Gasteiger partial charge in [-0.2, -0.15) is 0 Å². The fourth-order valence-corrected chi connectivity index (χ4v) is 2.02. The summed E-state index contributed by atoms with van der Waals surface area (Å²) in [6, 6.07) is 6.39. The minimum atomic E-state index is -0.228. The fraction of sp³-hybridized carbons (Fsp3) is 0.500. The molecule has 1 saturated heterocycles. The van der Waals surface area contributed by atoms with Crippen LogP contribution in [0, 0.1) is 17.7 Å². The molecule has 2 rings (SSSR count). The molecule has 1 amide bonds. The van der Waals surface area contributed by atoms with E-state index >= 15 is 0 Å². The Balaban J connectivity index is 0.00000180. The lowest BCUT2D eigenvalue weighted by Gasteiger charge is -2.31. The molecule has 1 unspecified atom stereocenters. The molecular formula is C14H20ClFN2O. The minimum Gasteiger partial charge on any atom is -0.356 e. The van der Waals surface area contributed by atoms with Gasteiger partial charge in [-0.15, -0.1) is 12.4 Å². The Hall–Kier alpha value is -1.13. The van der Waals surface area contributed by atoms with Gasteiger partial charge >= 0.3 is 0 Å². The molecule has 0 spiro atoms. The molecule has 1 atom stereocenters. The molecule has 2 N–H and O–H groups in total. The van der Waals surface area contributed by atoms with Gasteiger partial charge in [0, 0.05) is 12.5 Å². The standard InChI is InChI=1S/C14H19FN2O.ClH/c1-10(12-8-16-9-12)14(18)17-7-6-11-2-4-13(15)5-3-11;/h2-5,10,12,16H,6-9H2,1H3,(H,17,18);1H. The van der Waals surface area contributed by atoms with Crippen LogP contribution in [-0.2, 0) is 11.2 Å². The third-order valence-corrected chi connectivity index (χ3v) is 3.56. The zero-order valence-corrected chi connectivity index (χ0v) is 11.8. The summed E-state index contributed by atoms with van der Waals surface area (Å²) in [5.74, 6) is 0.424. The van der Waals surface area contributed by atoms with Crippen LogP contribution in [0.25, 0.3) is 0 Å². The number of benzene rings is 1. The molecule has 0 aromatic heterocycles. The molecule has 3 nitrogen and oxygen atoms in total. The lowest BCUT2D eigenvalue weighted by molar-refractivity contribution is -0.126. The Kier molecular flexibility index (Phi) is 6.25. The number of halogens is 2. The first-order chi connectivity index (χ1) is 8.66. The summed E-state index contributed by atoms with van der Waals surface area (Å²) in [6.07, 6.45) is 0.738. The zero-order chi connectivity index (χ0) is 13.0. The molecule has 0 aliphatic carbocycles. The summed E-state index contributed by atoms with van der Waals surface area (Å²) in [7, 11) is 0. The van der Waals surface area contributed by atoms with Crippen LogP contribution in [-0.4, -0.2) is 25.5 Å². The molecule has 1 heterocycles. The number of hydrogen-bond donors (Lipinski definition) is 2. The lowest BCUT2D eigenvalue weighted by atomic mass is 9.88. The highest BCUT2D eigenvalue weighted by Crippen LogP contribution is 2.15. The van der Waals surface area contributed by atoms with E-state index in [0.717, 1.165) is 25.1 Å². The monoisotopic (exact) mass is 286 g/mol. The van der Waals surface area contributed by atoms with Gasteiger partial charge < -0.3 is 10.6 Å². The SMILES string of the molecule is CC(C(=O)NCCc1ccc(F)cc1)C1CNC1.Cl. The molecule has 1 aliphatic heterocycles. The molecule has 0 saturated carbocycles. The Morgan fingerprint density at radius 2 is 2.05 bits per heavy atom. The Bertz CT molecular complexity index is 406. The number of hydrogen-bond acceptors (Lipinski definition) is 2. The number of nitrogens with one attached hydrogen (secondary N) is 2. The topological polar surface area (TPSA) is 41.1 Å². The van der Waals surface area contributed by atoms with Gasteiger partial charge in [-0.3, -0.25) is 4.79 Å². The van der Waals surface area contributed by atoms with Crippen molar-refractivity contribution in [3.05, 3.63) is 35.6 Å². The van der Waals surface area contributed by atoms with E-state index in [0.29, 0.717) is 12.5 Å². The quantitative estimate of drug-likeness (QED) is 0.866. The van der Waals surface area contributed by atoms with E-state index in [1.165, 1.54) is 12.1 Å². The van der Waals surface area contributed by atoms with Gasteiger partial charge in [-0.1, -0.05) is 19.1 Å². The Morgan fingerprint density at radius 3 is 2.58 bits per heavy atom. The fourth-order valence-electron chi connectivity index (χ4n) is 2.02.